The van der Waals surface area contributed by atoms with Crippen LogP contribution >= 0.6 is 0 Å². The maximum Gasteiger partial charge on any atom is 0.0584 e. The molecule has 4 nitrogen and oxygen atoms in total. The topological polar surface area (TPSA) is 50.1 Å². The number of hydrogen-bond acceptors (Lipinski definition) is 3. The molecule has 0 saturated heterocycles. The van der Waals surface area contributed by atoms with Crippen LogP contribution in [0.5, 0.6) is 0 Å². The second-order valence-corrected chi connectivity index (χ2v) is 3.91. The predicted octanol–water partition coefficient (Wildman–Crippen LogP) is 1.02. The van der Waals surface area contributed by atoms with Crippen LogP contribution in [0, 0.1) is 0 Å². The fourth-order valence-electron chi connectivity index (χ4n) is 1.54. The lowest BCUT2D eigenvalue weighted by molar-refractivity contribution is 0.226. The van der Waals surface area contributed by atoms with Crippen LogP contribution in [0.25, 0.3) is 0 Å². The van der Waals surface area contributed by atoms with E-state index in [0.29, 0.717) is 6.04 Å². The van der Waals surface area contributed by atoms with E-state index in [1.54, 1.807) is 6.20 Å². The van der Waals surface area contributed by atoms with Gasteiger partial charge in [0, 0.05) is 31.0 Å². The van der Waals surface area contributed by atoms with E-state index in [1.807, 2.05) is 16.9 Å². The Labute approximate surface area is 91.3 Å². The molecule has 1 aromatic heterocycles. The molecule has 1 heterocycles. The molecule has 0 spiro atoms. The highest BCUT2D eigenvalue weighted by Gasteiger charge is 2.08. The Morgan fingerprint density at radius 1 is 1.53 bits per heavy atom. The molecule has 0 amide bonds. The zero-order valence-electron chi connectivity index (χ0n) is 9.56. The molecule has 0 aliphatic heterocycles. The minimum absolute atomic E-state index is 0.211. The first-order valence-corrected chi connectivity index (χ1v) is 5.60. The summed E-state index contributed by atoms with van der Waals surface area (Å²) >= 11 is 0. The summed E-state index contributed by atoms with van der Waals surface area (Å²) in [6, 6.07) is 2.56. The third kappa shape index (κ3) is 4.44. The summed E-state index contributed by atoms with van der Waals surface area (Å²) in [5.41, 5.74) is 0. The van der Waals surface area contributed by atoms with E-state index in [4.69, 9.17) is 5.11 Å². The second kappa shape index (κ2) is 6.58. The summed E-state index contributed by atoms with van der Waals surface area (Å²) in [5.74, 6) is 0. The van der Waals surface area contributed by atoms with Crippen molar-refractivity contribution in [1.82, 2.24) is 15.1 Å². The largest absolute Gasteiger partial charge is 0.395 e. The fraction of sp³-hybridized carbons (Fsp3) is 0.727. The average molecular weight is 211 g/mol. The van der Waals surface area contributed by atoms with Gasteiger partial charge in [0.15, 0.2) is 0 Å². The van der Waals surface area contributed by atoms with Crippen LogP contribution in [-0.2, 0) is 6.54 Å². The normalized spacial score (nSPS) is 15.1. The zero-order chi connectivity index (χ0) is 11.1. The number of hydrogen-bond donors (Lipinski definition) is 2. The Kier molecular flexibility index (Phi) is 5.36. The first-order valence-electron chi connectivity index (χ1n) is 5.60. The summed E-state index contributed by atoms with van der Waals surface area (Å²) in [4.78, 5) is 0. The summed E-state index contributed by atoms with van der Waals surface area (Å²) in [6.45, 7) is 5.35. The number of aliphatic hydroxyl groups is 1. The van der Waals surface area contributed by atoms with E-state index in [0.717, 1.165) is 19.4 Å². The van der Waals surface area contributed by atoms with Gasteiger partial charge in [-0.25, -0.2) is 0 Å². The number of aryl methyl sites for hydroxylation is 1. The Morgan fingerprint density at radius 2 is 2.33 bits per heavy atom. The van der Waals surface area contributed by atoms with Gasteiger partial charge in [-0.2, -0.15) is 5.10 Å². The highest BCUT2D eigenvalue weighted by molar-refractivity contribution is 4.78. The third-order valence-corrected chi connectivity index (χ3v) is 2.58. The van der Waals surface area contributed by atoms with Gasteiger partial charge in [-0.3, -0.25) is 4.68 Å². The molecular formula is C11H21N3O. The van der Waals surface area contributed by atoms with Crippen molar-refractivity contribution in [2.75, 3.05) is 6.61 Å². The molecule has 2 atom stereocenters. The van der Waals surface area contributed by atoms with Crippen LogP contribution in [-0.4, -0.2) is 33.6 Å². The number of aliphatic hydroxyl groups excluding tert-OH is 1. The molecule has 0 bridgehead atoms. The molecular weight excluding hydrogens is 190 g/mol. The van der Waals surface area contributed by atoms with Gasteiger partial charge in [0.05, 0.1) is 6.61 Å². The molecule has 86 valence electrons. The maximum atomic E-state index is 9.05. The first-order chi connectivity index (χ1) is 7.26. The van der Waals surface area contributed by atoms with Gasteiger partial charge in [0.1, 0.15) is 0 Å². The van der Waals surface area contributed by atoms with E-state index in [-0.39, 0.29) is 12.6 Å². The van der Waals surface area contributed by atoms with Crippen LogP contribution in [0.2, 0.25) is 0 Å². The average Bonchev–Trinajstić information content (AvgIpc) is 2.75. The minimum atomic E-state index is 0.211. The highest BCUT2D eigenvalue weighted by atomic mass is 16.3. The van der Waals surface area contributed by atoms with Gasteiger partial charge in [-0.15, -0.1) is 0 Å². The number of nitrogens with zero attached hydrogens (tertiary/aromatic N) is 2. The van der Waals surface area contributed by atoms with E-state index in [2.05, 4.69) is 24.3 Å². The molecule has 0 aliphatic carbocycles. The SMILES string of the molecule is CCC(CO)NC(C)CCn1cccn1. The summed E-state index contributed by atoms with van der Waals surface area (Å²) < 4.78 is 1.93. The molecule has 2 N–H and O–H groups in total. The number of aromatic nitrogens is 2. The Bertz CT molecular complexity index is 244. The molecule has 0 saturated carbocycles. The molecule has 2 unspecified atom stereocenters. The van der Waals surface area contributed by atoms with Gasteiger partial charge in [0.2, 0.25) is 0 Å². The molecule has 15 heavy (non-hydrogen) atoms. The van der Waals surface area contributed by atoms with Crippen molar-refractivity contribution < 1.29 is 5.11 Å². The van der Waals surface area contributed by atoms with E-state index < -0.39 is 0 Å². The zero-order valence-corrected chi connectivity index (χ0v) is 9.56. The lowest BCUT2D eigenvalue weighted by Crippen LogP contribution is -2.39. The monoisotopic (exact) mass is 211 g/mol. The number of rotatable bonds is 7. The third-order valence-electron chi connectivity index (χ3n) is 2.58. The lowest BCUT2D eigenvalue weighted by atomic mass is 10.1. The van der Waals surface area contributed by atoms with Crippen molar-refractivity contribution in [3.8, 4) is 0 Å². The lowest BCUT2D eigenvalue weighted by Gasteiger charge is -2.20. The first kappa shape index (κ1) is 12.2. The molecule has 0 aliphatic rings. The van der Waals surface area contributed by atoms with Crippen molar-refractivity contribution in [3.05, 3.63) is 18.5 Å². The number of nitrogens with one attached hydrogen (secondary N) is 1. The summed E-state index contributed by atoms with van der Waals surface area (Å²) in [6.07, 6.45) is 5.75. The Balaban J connectivity index is 2.21. The van der Waals surface area contributed by atoms with Gasteiger partial charge in [-0.05, 0) is 25.8 Å². The fourth-order valence-corrected chi connectivity index (χ4v) is 1.54. The van der Waals surface area contributed by atoms with E-state index >= 15 is 0 Å². The van der Waals surface area contributed by atoms with Gasteiger partial charge < -0.3 is 10.4 Å². The smallest absolute Gasteiger partial charge is 0.0584 e. The molecule has 0 radical (unpaired) electrons. The Morgan fingerprint density at radius 3 is 2.87 bits per heavy atom. The van der Waals surface area contributed by atoms with Crippen LogP contribution in [0.4, 0.5) is 0 Å². The van der Waals surface area contributed by atoms with Crippen molar-refractivity contribution in [2.24, 2.45) is 0 Å². The summed E-state index contributed by atoms with van der Waals surface area (Å²) in [7, 11) is 0. The standard InChI is InChI=1S/C11H21N3O/c1-3-11(9-15)13-10(2)5-8-14-7-4-6-12-14/h4,6-7,10-11,13,15H,3,5,8-9H2,1-2H3. The maximum absolute atomic E-state index is 9.05. The van der Waals surface area contributed by atoms with Crippen molar-refractivity contribution in [1.29, 1.82) is 0 Å². The predicted molar refractivity (Wildman–Crippen MR) is 60.6 cm³/mol. The molecule has 0 aromatic carbocycles. The molecule has 4 heteroatoms. The molecule has 0 fully saturated rings. The van der Waals surface area contributed by atoms with Crippen LogP contribution in [0.3, 0.4) is 0 Å². The highest BCUT2D eigenvalue weighted by Crippen LogP contribution is 1.99. The van der Waals surface area contributed by atoms with Gasteiger partial charge in [-0.1, -0.05) is 6.92 Å². The van der Waals surface area contributed by atoms with Crippen LogP contribution in [0.15, 0.2) is 18.5 Å². The van der Waals surface area contributed by atoms with Crippen molar-refractivity contribution in [2.45, 2.75) is 45.3 Å². The quantitative estimate of drug-likeness (QED) is 0.708. The van der Waals surface area contributed by atoms with E-state index in [9.17, 15) is 0 Å². The van der Waals surface area contributed by atoms with Crippen LogP contribution < -0.4 is 5.32 Å². The van der Waals surface area contributed by atoms with Crippen LogP contribution in [0.1, 0.15) is 26.7 Å². The molecule has 1 aromatic rings. The summed E-state index contributed by atoms with van der Waals surface area (Å²) in [5, 5.41) is 16.6. The second-order valence-electron chi connectivity index (χ2n) is 3.91. The van der Waals surface area contributed by atoms with Crippen molar-refractivity contribution in [3.63, 3.8) is 0 Å². The van der Waals surface area contributed by atoms with Crippen molar-refractivity contribution >= 4 is 0 Å². The van der Waals surface area contributed by atoms with Gasteiger partial charge >= 0.3 is 0 Å². The van der Waals surface area contributed by atoms with Gasteiger partial charge in [0.25, 0.3) is 0 Å². The molecule has 1 rings (SSSR count). The van der Waals surface area contributed by atoms with E-state index in [1.165, 1.54) is 0 Å². The Hall–Kier alpha value is -0.870. The minimum Gasteiger partial charge on any atom is -0.395 e.